The summed E-state index contributed by atoms with van der Waals surface area (Å²) in [5.74, 6) is 0.635. The SMILES string of the molecule is CNC(c1ccc2[nH]c(=O)c(=O)[nH]c2c1)C1CCCCC1. The maximum absolute atomic E-state index is 11.5. The number of benzene rings is 1. The molecule has 1 aromatic carbocycles. The van der Waals surface area contributed by atoms with Crippen LogP contribution in [0.2, 0.25) is 0 Å². The molecule has 5 heteroatoms. The van der Waals surface area contributed by atoms with Crippen LogP contribution in [0.1, 0.15) is 43.7 Å². The van der Waals surface area contributed by atoms with Gasteiger partial charge < -0.3 is 15.3 Å². The number of nitrogens with one attached hydrogen (secondary N) is 3. The van der Waals surface area contributed by atoms with Crippen LogP contribution in [0.3, 0.4) is 0 Å². The van der Waals surface area contributed by atoms with Crippen molar-refractivity contribution in [1.29, 1.82) is 0 Å². The highest BCUT2D eigenvalue weighted by Gasteiger charge is 2.23. The topological polar surface area (TPSA) is 77.8 Å². The third kappa shape index (κ3) is 2.78. The monoisotopic (exact) mass is 287 g/mol. The van der Waals surface area contributed by atoms with Crippen molar-refractivity contribution in [3.63, 3.8) is 0 Å². The zero-order valence-corrected chi connectivity index (χ0v) is 12.2. The van der Waals surface area contributed by atoms with E-state index < -0.39 is 11.1 Å². The third-order valence-corrected chi connectivity index (χ3v) is 4.54. The molecule has 1 saturated carbocycles. The molecule has 1 aliphatic rings. The van der Waals surface area contributed by atoms with Crippen molar-refractivity contribution >= 4 is 11.0 Å². The highest BCUT2D eigenvalue weighted by molar-refractivity contribution is 5.74. The third-order valence-electron chi connectivity index (χ3n) is 4.54. The fourth-order valence-electron chi connectivity index (χ4n) is 3.47. The van der Waals surface area contributed by atoms with Gasteiger partial charge in [0.25, 0.3) is 0 Å². The molecule has 1 fully saturated rings. The lowest BCUT2D eigenvalue weighted by Gasteiger charge is -2.30. The van der Waals surface area contributed by atoms with Gasteiger partial charge in [0.1, 0.15) is 0 Å². The maximum Gasteiger partial charge on any atom is 0.314 e. The fourth-order valence-corrected chi connectivity index (χ4v) is 3.47. The quantitative estimate of drug-likeness (QED) is 0.756. The first-order chi connectivity index (χ1) is 10.2. The van der Waals surface area contributed by atoms with Crippen LogP contribution in [0.25, 0.3) is 11.0 Å². The van der Waals surface area contributed by atoms with Crippen LogP contribution in [-0.2, 0) is 0 Å². The first-order valence-electron chi connectivity index (χ1n) is 7.62. The van der Waals surface area contributed by atoms with Crippen LogP contribution < -0.4 is 16.4 Å². The molecule has 1 heterocycles. The number of aromatic nitrogens is 2. The van der Waals surface area contributed by atoms with Crippen LogP contribution in [0.15, 0.2) is 27.8 Å². The largest absolute Gasteiger partial charge is 0.316 e. The molecule has 1 atom stereocenters. The minimum Gasteiger partial charge on any atom is -0.316 e. The Hall–Kier alpha value is -1.88. The van der Waals surface area contributed by atoms with E-state index in [1.54, 1.807) is 0 Å². The Balaban J connectivity index is 2.00. The van der Waals surface area contributed by atoms with Crippen molar-refractivity contribution in [2.24, 2.45) is 5.92 Å². The van der Waals surface area contributed by atoms with E-state index in [0.29, 0.717) is 23.0 Å². The number of fused-ring (bicyclic) bond motifs is 1. The second kappa shape index (κ2) is 5.85. The van der Waals surface area contributed by atoms with E-state index in [1.165, 1.54) is 37.7 Å². The van der Waals surface area contributed by atoms with Crippen molar-refractivity contribution in [2.75, 3.05) is 7.05 Å². The summed E-state index contributed by atoms with van der Waals surface area (Å²) in [5.41, 5.74) is 1.32. The summed E-state index contributed by atoms with van der Waals surface area (Å²) in [6.07, 6.45) is 6.40. The van der Waals surface area contributed by atoms with Gasteiger partial charge in [0.05, 0.1) is 11.0 Å². The molecular weight excluding hydrogens is 266 g/mol. The number of hydrogen-bond donors (Lipinski definition) is 3. The fraction of sp³-hybridized carbons (Fsp3) is 0.500. The van der Waals surface area contributed by atoms with E-state index in [0.717, 1.165) is 0 Å². The molecule has 5 nitrogen and oxygen atoms in total. The number of H-pyrrole nitrogens is 2. The first-order valence-corrected chi connectivity index (χ1v) is 7.62. The Morgan fingerprint density at radius 1 is 1.05 bits per heavy atom. The van der Waals surface area contributed by atoms with Crippen LogP contribution in [0.5, 0.6) is 0 Å². The van der Waals surface area contributed by atoms with Crippen molar-refractivity contribution in [3.05, 3.63) is 44.5 Å². The lowest BCUT2D eigenvalue weighted by Crippen LogP contribution is -2.29. The van der Waals surface area contributed by atoms with Crippen LogP contribution in [-0.4, -0.2) is 17.0 Å². The summed E-state index contributed by atoms with van der Waals surface area (Å²) in [5, 5.41) is 3.41. The van der Waals surface area contributed by atoms with Gasteiger partial charge in [-0.1, -0.05) is 25.3 Å². The molecule has 112 valence electrons. The van der Waals surface area contributed by atoms with Gasteiger partial charge in [0, 0.05) is 6.04 Å². The van der Waals surface area contributed by atoms with Gasteiger partial charge in [-0.05, 0) is 43.5 Å². The van der Waals surface area contributed by atoms with Gasteiger partial charge in [0.15, 0.2) is 0 Å². The average molecular weight is 287 g/mol. The zero-order valence-electron chi connectivity index (χ0n) is 12.2. The summed E-state index contributed by atoms with van der Waals surface area (Å²) in [4.78, 5) is 28.1. The van der Waals surface area contributed by atoms with E-state index in [9.17, 15) is 9.59 Å². The molecule has 0 saturated heterocycles. The predicted molar refractivity (Wildman–Crippen MR) is 83.6 cm³/mol. The van der Waals surface area contributed by atoms with Gasteiger partial charge in [-0.2, -0.15) is 0 Å². The summed E-state index contributed by atoms with van der Waals surface area (Å²) in [6.45, 7) is 0. The Kier molecular flexibility index (Phi) is 3.92. The standard InChI is InChI=1S/C16H21N3O2/c1-17-14(10-5-3-2-4-6-10)11-7-8-12-13(9-11)19-16(21)15(20)18-12/h7-10,14,17H,2-6H2,1H3,(H,18,20)(H,19,21). The highest BCUT2D eigenvalue weighted by atomic mass is 16.2. The summed E-state index contributed by atoms with van der Waals surface area (Å²) in [6, 6.07) is 6.18. The lowest BCUT2D eigenvalue weighted by molar-refractivity contribution is 0.282. The summed E-state index contributed by atoms with van der Waals surface area (Å²) >= 11 is 0. The number of rotatable bonds is 3. The molecule has 2 aromatic rings. The normalized spacial score (nSPS) is 18.0. The molecule has 1 aliphatic carbocycles. The molecule has 0 bridgehead atoms. The molecule has 1 aromatic heterocycles. The van der Waals surface area contributed by atoms with Gasteiger partial charge >= 0.3 is 11.1 Å². The zero-order chi connectivity index (χ0) is 14.8. The molecule has 0 radical (unpaired) electrons. The van der Waals surface area contributed by atoms with Crippen molar-refractivity contribution in [1.82, 2.24) is 15.3 Å². The molecule has 0 amide bonds. The van der Waals surface area contributed by atoms with E-state index in [2.05, 4.69) is 15.3 Å². The van der Waals surface area contributed by atoms with Crippen LogP contribution in [0, 0.1) is 5.92 Å². The minimum atomic E-state index is -0.604. The predicted octanol–water partition coefficient (Wildman–Crippen LogP) is 2.06. The van der Waals surface area contributed by atoms with Crippen LogP contribution >= 0.6 is 0 Å². The Morgan fingerprint density at radius 3 is 2.38 bits per heavy atom. The smallest absolute Gasteiger partial charge is 0.314 e. The van der Waals surface area contributed by atoms with Gasteiger partial charge in [-0.25, -0.2) is 0 Å². The second-order valence-corrected chi connectivity index (χ2v) is 5.88. The van der Waals surface area contributed by atoms with Crippen molar-refractivity contribution < 1.29 is 0 Å². The summed E-state index contributed by atoms with van der Waals surface area (Å²) in [7, 11) is 1.99. The molecule has 21 heavy (non-hydrogen) atoms. The van der Waals surface area contributed by atoms with E-state index >= 15 is 0 Å². The molecule has 3 N–H and O–H groups in total. The maximum atomic E-state index is 11.5. The molecule has 3 rings (SSSR count). The molecule has 0 aliphatic heterocycles. The molecule has 0 spiro atoms. The number of hydrogen-bond acceptors (Lipinski definition) is 3. The van der Waals surface area contributed by atoms with Crippen molar-refractivity contribution in [3.8, 4) is 0 Å². The highest BCUT2D eigenvalue weighted by Crippen LogP contribution is 2.34. The van der Waals surface area contributed by atoms with E-state index in [1.807, 2.05) is 25.2 Å². The molecular formula is C16H21N3O2. The van der Waals surface area contributed by atoms with Crippen molar-refractivity contribution in [2.45, 2.75) is 38.1 Å². The summed E-state index contributed by atoms with van der Waals surface area (Å²) < 4.78 is 0. The van der Waals surface area contributed by atoms with E-state index in [-0.39, 0.29) is 0 Å². The Labute approximate surface area is 122 Å². The first kappa shape index (κ1) is 14.1. The van der Waals surface area contributed by atoms with Gasteiger partial charge in [-0.3, -0.25) is 9.59 Å². The lowest BCUT2D eigenvalue weighted by atomic mass is 9.81. The van der Waals surface area contributed by atoms with Crippen LogP contribution in [0.4, 0.5) is 0 Å². The van der Waals surface area contributed by atoms with E-state index in [4.69, 9.17) is 0 Å². The van der Waals surface area contributed by atoms with Gasteiger partial charge in [-0.15, -0.1) is 0 Å². The molecule has 1 unspecified atom stereocenters. The minimum absolute atomic E-state index is 0.296. The van der Waals surface area contributed by atoms with Gasteiger partial charge in [0.2, 0.25) is 0 Å². The number of aromatic amines is 2. The Morgan fingerprint density at radius 2 is 1.71 bits per heavy atom. The Bertz CT molecular complexity index is 741. The average Bonchev–Trinajstić information content (AvgIpc) is 2.50. The second-order valence-electron chi connectivity index (χ2n) is 5.88.